The van der Waals surface area contributed by atoms with Crippen molar-refractivity contribution in [3.63, 3.8) is 0 Å². The van der Waals surface area contributed by atoms with Crippen molar-refractivity contribution in [2.75, 3.05) is 39.9 Å². The number of hydrogen-bond acceptors (Lipinski definition) is 4. The van der Waals surface area contributed by atoms with E-state index in [1.165, 1.54) is 12.1 Å². The molecule has 3 atom stereocenters. The Balaban J connectivity index is 1.76. The van der Waals surface area contributed by atoms with E-state index >= 15 is 0 Å². The summed E-state index contributed by atoms with van der Waals surface area (Å²) in [5.74, 6) is -4.48. The normalized spacial score (nSPS) is 23.9. The van der Waals surface area contributed by atoms with Crippen LogP contribution < -0.4 is 5.32 Å². The van der Waals surface area contributed by atoms with E-state index in [4.69, 9.17) is 4.74 Å². The quantitative estimate of drug-likeness (QED) is 0.254. The molecule has 1 heterocycles. The molecule has 0 radical (unpaired) electrons. The second-order valence-electron chi connectivity index (χ2n) is 10.8. The monoisotopic (exact) mass is 516 g/mol. The maximum Gasteiger partial charge on any atom is 0.248 e. The number of likely N-dealkylation sites (N-methyl/N-ethyl adjacent to an activating group) is 1. The molecule has 0 aromatic heterocycles. The minimum Gasteiger partial charge on any atom is -0.385 e. The third-order valence-corrected chi connectivity index (χ3v) is 8.25. The van der Waals surface area contributed by atoms with Crippen molar-refractivity contribution in [1.29, 1.82) is 0 Å². The minimum atomic E-state index is -2.54. The average molecular weight is 517 g/mol. The van der Waals surface area contributed by atoms with Crippen LogP contribution in [-0.4, -0.2) is 61.9 Å². The number of ether oxygens (including phenoxy) is 1. The lowest BCUT2D eigenvalue weighted by Gasteiger charge is -2.46. The summed E-state index contributed by atoms with van der Waals surface area (Å²) in [6.07, 6.45) is 5.04. The molecule has 1 saturated heterocycles. The lowest BCUT2D eigenvalue weighted by molar-refractivity contribution is -0.0744. The van der Waals surface area contributed by atoms with Crippen LogP contribution in [0.5, 0.6) is 0 Å². The van der Waals surface area contributed by atoms with Gasteiger partial charge in [-0.25, -0.2) is 17.6 Å². The van der Waals surface area contributed by atoms with E-state index in [0.29, 0.717) is 45.4 Å². The van der Waals surface area contributed by atoms with Crippen molar-refractivity contribution in [3.8, 4) is 0 Å². The first kappa shape index (κ1) is 29.3. The predicted octanol–water partition coefficient (Wildman–Crippen LogP) is 5.87. The first-order valence-corrected chi connectivity index (χ1v) is 13.7. The van der Waals surface area contributed by atoms with Gasteiger partial charge in [-0.1, -0.05) is 12.1 Å². The Morgan fingerprint density at radius 3 is 2.64 bits per heavy atom. The van der Waals surface area contributed by atoms with Gasteiger partial charge in [0, 0.05) is 56.7 Å². The first-order valence-electron chi connectivity index (χ1n) is 13.7. The third-order valence-electron chi connectivity index (χ3n) is 8.25. The molecule has 36 heavy (non-hydrogen) atoms. The summed E-state index contributed by atoms with van der Waals surface area (Å²) in [5, 5.41) is 15.3. The van der Waals surface area contributed by atoms with Crippen LogP contribution in [-0.2, 0) is 10.3 Å². The topological polar surface area (TPSA) is 44.7 Å². The standard InChI is InChI=1S/C28H44F4N2O2/c1-3-36-17-5-4-13-28(35,24-9-6-10-25(29)26(24)30)22-8-7-16-34(20-22)23(19-33-2)18-21-11-14-27(31,32)15-12-21/h6,9-10,21-23,33,35H,3-5,7-8,11-20H2,1-2H3. The predicted molar refractivity (Wildman–Crippen MR) is 134 cm³/mol. The molecule has 2 aliphatic rings. The van der Waals surface area contributed by atoms with E-state index in [0.717, 1.165) is 44.8 Å². The fourth-order valence-electron chi connectivity index (χ4n) is 6.19. The molecular weight excluding hydrogens is 472 g/mol. The molecule has 3 unspecified atom stereocenters. The van der Waals surface area contributed by atoms with Crippen LogP contribution in [0, 0.1) is 23.5 Å². The summed E-state index contributed by atoms with van der Waals surface area (Å²) in [7, 11) is 1.89. The molecule has 8 heteroatoms. The highest BCUT2D eigenvalue weighted by Gasteiger charge is 2.44. The van der Waals surface area contributed by atoms with Crippen LogP contribution >= 0.6 is 0 Å². The summed E-state index contributed by atoms with van der Waals surface area (Å²) < 4.78 is 62.0. The van der Waals surface area contributed by atoms with Gasteiger partial charge in [0.25, 0.3) is 0 Å². The van der Waals surface area contributed by atoms with Gasteiger partial charge in [0.15, 0.2) is 11.6 Å². The lowest BCUT2D eigenvalue weighted by Crippen LogP contribution is -2.52. The Morgan fingerprint density at radius 1 is 1.19 bits per heavy atom. The van der Waals surface area contributed by atoms with Gasteiger partial charge in [-0.05, 0) is 83.9 Å². The molecule has 1 aromatic rings. The van der Waals surface area contributed by atoms with Crippen LogP contribution in [0.15, 0.2) is 18.2 Å². The summed E-state index contributed by atoms with van der Waals surface area (Å²) in [5.41, 5.74) is -1.46. The number of piperidine rings is 1. The number of unbranched alkanes of at least 4 members (excludes halogenated alkanes) is 1. The number of nitrogens with one attached hydrogen (secondary N) is 1. The number of alkyl halides is 2. The van der Waals surface area contributed by atoms with Gasteiger partial charge >= 0.3 is 0 Å². The largest absolute Gasteiger partial charge is 0.385 e. The van der Waals surface area contributed by atoms with E-state index < -0.39 is 23.2 Å². The van der Waals surface area contributed by atoms with Crippen molar-refractivity contribution in [3.05, 3.63) is 35.4 Å². The Bertz CT molecular complexity index is 802. The Kier molecular flexibility index (Phi) is 11.0. The third kappa shape index (κ3) is 7.65. The smallest absolute Gasteiger partial charge is 0.248 e. The van der Waals surface area contributed by atoms with E-state index in [9.17, 15) is 22.7 Å². The zero-order valence-electron chi connectivity index (χ0n) is 21.9. The van der Waals surface area contributed by atoms with Crippen molar-refractivity contribution < 1.29 is 27.4 Å². The minimum absolute atomic E-state index is 0.0328. The number of nitrogens with zero attached hydrogens (tertiary/aromatic N) is 1. The molecule has 1 aromatic carbocycles. The molecule has 1 saturated carbocycles. The van der Waals surface area contributed by atoms with E-state index in [1.807, 2.05) is 14.0 Å². The summed E-state index contributed by atoms with van der Waals surface area (Å²) in [4.78, 5) is 2.33. The molecule has 2 fully saturated rings. The maximum atomic E-state index is 15.0. The molecular formula is C28H44F4N2O2. The highest BCUT2D eigenvalue weighted by Crippen LogP contribution is 2.43. The number of aliphatic hydroxyl groups is 1. The van der Waals surface area contributed by atoms with Gasteiger partial charge < -0.3 is 15.2 Å². The van der Waals surface area contributed by atoms with Crippen LogP contribution in [0.1, 0.15) is 76.7 Å². The van der Waals surface area contributed by atoms with Crippen molar-refractivity contribution in [2.45, 2.75) is 88.7 Å². The Hall–Kier alpha value is -1.22. The molecule has 0 amide bonds. The number of benzene rings is 1. The van der Waals surface area contributed by atoms with Gasteiger partial charge in [0.2, 0.25) is 5.92 Å². The van der Waals surface area contributed by atoms with Crippen LogP contribution in [0.25, 0.3) is 0 Å². The summed E-state index contributed by atoms with van der Waals surface area (Å²) >= 11 is 0. The van der Waals surface area contributed by atoms with E-state index in [1.54, 1.807) is 0 Å². The average Bonchev–Trinajstić information content (AvgIpc) is 2.86. The zero-order chi connectivity index (χ0) is 26.2. The molecule has 1 aliphatic carbocycles. The molecule has 4 nitrogen and oxygen atoms in total. The van der Waals surface area contributed by atoms with E-state index in [2.05, 4.69) is 10.2 Å². The second kappa shape index (κ2) is 13.5. The van der Waals surface area contributed by atoms with E-state index in [-0.39, 0.29) is 36.3 Å². The number of halogens is 4. The molecule has 2 N–H and O–H groups in total. The number of hydrogen-bond donors (Lipinski definition) is 2. The van der Waals surface area contributed by atoms with Gasteiger partial charge in [0.05, 0.1) is 5.60 Å². The summed E-state index contributed by atoms with van der Waals surface area (Å²) in [6, 6.07) is 4.20. The van der Waals surface area contributed by atoms with Crippen molar-refractivity contribution >= 4 is 0 Å². The second-order valence-corrected chi connectivity index (χ2v) is 10.8. The van der Waals surface area contributed by atoms with Crippen molar-refractivity contribution in [2.24, 2.45) is 11.8 Å². The highest BCUT2D eigenvalue weighted by atomic mass is 19.3. The van der Waals surface area contributed by atoms with Crippen LogP contribution in [0.3, 0.4) is 0 Å². The maximum absolute atomic E-state index is 15.0. The first-order chi connectivity index (χ1) is 17.2. The van der Waals surface area contributed by atoms with Crippen molar-refractivity contribution in [1.82, 2.24) is 10.2 Å². The molecule has 206 valence electrons. The molecule has 1 aliphatic heterocycles. The molecule has 3 rings (SSSR count). The van der Waals surface area contributed by atoms with Gasteiger partial charge in [0.1, 0.15) is 0 Å². The van der Waals surface area contributed by atoms with Gasteiger partial charge in [-0.15, -0.1) is 0 Å². The lowest BCUT2D eigenvalue weighted by atomic mass is 9.73. The zero-order valence-corrected chi connectivity index (χ0v) is 21.9. The Labute approximate surface area is 213 Å². The highest BCUT2D eigenvalue weighted by molar-refractivity contribution is 5.27. The fraction of sp³-hybridized carbons (Fsp3) is 0.786. The molecule has 0 spiro atoms. The van der Waals surface area contributed by atoms with Crippen LogP contribution in [0.2, 0.25) is 0 Å². The van der Waals surface area contributed by atoms with Crippen LogP contribution in [0.4, 0.5) is 17.6 Å². The van der Waals surface area contributed by atoms with Gasteiger partial charge in [-0.3, -0.25) is 4.90 Å². The number of likely N-dealkylation sites (tertiary alicyclic amines) is 1. The molecule has 0 bridgehead atoms. The van der Waals surface area contributed by atoms with Gasteiger partial charge in [-0.2, -0.15) is 0 Å². The Morgan fingerprint density at radius 2 is 1.94 bits per heavy atom. The number of rotatable bonds is 13. The SMILES string of the molecule is CCOCCCCC(O)(c1cccc(F)c1F)C1CCCN(C(CNC)CC2CCC(F)(F)CC2)C1. The summed E-state index contributed by atoms with van der Waals surface area (Å²) in [6.45, 7) is 5.24. The fourth-order valence-corrected chi connectivity index (χ4v) is 6.19.